The minimum atomic E-state index is 0.00103. The fourth-order valence-corrected chi connectivity index (χ4v) is 2.01. The van der Waals surface area contributed by atoms with Crippen molar-refractivity contribution in [3.8, 4) is 0 Å². The van der Waals surface area contributed by atoms with Crippen molar-refractivity contribution < 1.29 is 9.59 Å². The van der Waals surface area contributed by atoms with Gasteiger partial charge in [0.1, 0.15) is 0 Å². The quantitative estimate of drug-likeness (QED) is 0.537. The summed E-state index contributed by atoms with van der Waals surface area (Å²) < 4.78 is 0. The molecular formula is C16H21O2. The second-order valence-corrected chi connectivity index (χ2v) is 4.65. The van der Waals surface area contributed by atoms with Crippen LogP contribution < -0.4 is 0 Å². The van der Waals surface area contributed by atoms with Gasteiger partial charge in [0.15, 0.2) is 11.6 Å². The lowest BCUT2D eigenvalue weighted by Crippen LogP contribution is -2.03. The number of rotatable bonds is 7. The van der Waals surface area contributed by atoms with Crippen LogP contribution in [0.5, 0.6) is 0 Å². The van der Waals surface area contributed by atoms with Crippen LogP contribution in [-0.4, -0.2) is 11.6 Å². The molecule has 0 saturated carbocycles. The summed E-state index contributed by atoms with van der Waals surface area (Å²) in [5.74, 6) is 0.0337. The van der Waals surface area contributed by atoms with E-state index in [9.17, 15) is 9.59 Å². The van der Waals surface area contributed by atoms with E-state index in [2.05, 4.69) is 6.92 Å². The van der Waals surface area contributed by atoms with Crippen LogP contribution in [0.3, 0.4) is 0 Å². The number of aryl methyl sites for hydroxylation is 1. The number of benzene rings is 1. The molecule has 2 heteroatoms. The molecule has 0 fully saturated rings. The van der Waals surface area contributed by atoms with Crippen molar-refractivity contribution in [2.75, 3.05) is 0 Å². The van der Waals surface area contributed by atoms with Crippen LogP contribution in [0.25, 0.3) is 0 Å². The highest BCUT2D eigenvalue weighted by atomic mass is 16.1. The second-order valence-electron chi connectivity index (χ2n) is 4.65. The van der Waals surface area contributed by atoms with Gasteiger partial charge in [0.2, 0.25) is 0 Å². The fourth-order valence-electron chi connectivity index (χ4n) is 2.01. The summed E-state index contributed by atoms with van der Waals surface area (Å²) in [6.45, 7) is 6.89. The standard InChI is InChI=1S/C16H21O2/c1-4-5-6-7-8-14-9-10-15(12(2)17)11-16(14)13(3)18/h9-11H,1,4-8H2,2-3H3. The van der Waals surface area contributed by atoms with Gasteiger partial charge in [-0.15, -0.1) is 0 Å². The molecule has 97 valence electrons. The zero-order valence-corrected chi connectivity index (χ0v) is 11.3. The number of Topliss-reactive ketones (excluding diaryl/α,β-unsaturated/α-hetero) is 2. The lowest BCUT2D eigenvalue weighted by atomic mass is 9.95. The van der Waals surface area contributed by atoms with Crippen LogP contribution in [0.1, 0.15) is 65.8 Å². The van der Waals surface area contributed by atoms with E-state index in [-0.39, 0.29) is 11.6 Å². The van der Waals surface area contributed by atoms with Gasteiger partial charge in [-0.05, 0) is 38.3 Å². The van der Waals surface area contributed by atoms with Crippen molar-refractivity contribution in [2.45, 2.75) is 46.0 Å². The van der Waals surface area contributed by atoms with E-state index in [1.54, 1.807) is 13.0 Å². The Morgan fingerprint density at radius 1 is 1.06 bits per heavy atom. The van der Waals surface area contributed by atoms with Crippen LogP contribution in [0.4, 0.5) is 0 Å². The molecule has 0 unspecified atom stereocenters. The predicted molar refractivity (Wildman–Crippen MR) is 74.0 cm³/mol. The molecule has 0 spiro atoms. The first-order chi connectivity index (χ1) is 8.56. The van der Waals surface area contributed by atoms with Crippen molar-refractivity contribution in [3.63, 3.8) is 0 Å². The molecule has 0 amide bonds. The molecule has 0 aliphatic rings. The Bertz CT molecular complexity index is 433. The van der Waals surface area contributed by atoms with Gasteiger partial charge < -0.3 is 0 Å². The molecule has 0 aliphatic carbocycles. The fraction of sp³-hybridized carbons (Fsp3) is 0.438. The van der Waals surface area contributed by atoms with E-state index >= 15 is 0 Å². The van der Waals surface area contributed by atoms with Crippen molar-refractivity contribution in [1.29, 1.82) is 0 Å². The zero-order valence-electron chi connectivity index (χ0n) is 11.3. The number of carbonyl (C=O) groups is 2. The number of hydrogen-bond acceptors (Lipinski definition) is 2. The lowest BCUT2D eigenvalue weighted by molar-refractivity contribution is 0.101. The van der Waals surface area contributed by atoms with Gasteiger partial charge >= 0.3 is 0 Å². The van der Waals surface area contributed by atoms with Crippen LogP contribution in [0, 0.1) is 6.92 Å². The van der Waals surface area contributed by atoms with Gasteiger partial charge in [0.25, 0.3) is 0 Å². The summed E-state index contributed by atoms with van der Waals surface area (Å²) in [7, 11) is 0. The summed E-state index contributed by atoms with van der Waals surface area (Å²) in [5.41, 5.74) is 2.36. The van der Waals surface area contributed by atoms with Crippen molar-refractivity contribution >= 4 is 11.6 Å². The Labute approximate surface area is 109 Å². The highest BCUT2D eigenvalue weighted by Crippen LogP contribution is 2.17. The maximum Gasteiger partial charge on any atom is 0.160 e. The Kier molecular flexibility index (Phi) is 5.76. The highest BCUT2D eigenvalue weighted by Gasteiger charge is 2.10. The Hall–Kier alpha value is -1.44. The average Bonchev–Trinajstić information content (AvgIpc) is 2.34. The first kappa shape index (κ1) is 14.6. The first-order valence-electron chi connectivity index (χ1n) is 6.50. The van der Waals surface area contributed by atoms with E-state index in [0.717, 1.165) is 37.7 Å². The van der Waals surface area contributed by atoms with Crippen LogP contribution in [0.2, 0.25) is 0 Å². The molecule has 0 N–H and O–H groups in total. The summed E-state index contributed by atoms with van der Waals surface area (Å²) in [4.78, 5) is 22.9. The highest BCUT2D eigenvalue weighted by molar-refractivity contribution is 6.00. The van der Waals surface area contributed by atoms with E-state index < -0.39 is 0 Å². The second kappa shape index (κ2) is 7.10. The molecule has 0 heterocycles. The van der Waals surface area contributed by atoms with Gasteiger partial charge in [-0.25, -0.2) is 0 Å². The maximum absolute atomic E-state index is 11.6. The molecule has 1 rings (SSSR count). The Balaban J connectivity index is 2.83. The molecule has 1 radical (unpaired) electrons. The van der Waals surface area contributed by atoms with E-state index in [0.29, 0.717) is 11.1 Å². The van der Waals surface area contributed by atoms with Crippen molar-refractivity contribution in [1.82, 2.24) is 0 Å². The van der Waals surface area contributed by atoms with Crippen molar-refractivity contribution in [3.05, 3.63) is 41.8 Å². The van der Waals surface area contributed by atoms with Crippen LogP contribution in [-0.2, 0) is 6.42 Å². The van der Waals surface area contributed by atoms with Gasteiger partial charge in [-0.1, -0.05) is 38.3 Å². The number of carbonyl (C=O) groups excluding carboxylic acids is 2. The minimum absolute atomic E-state index is 0.00103. The summed E-state index contributed by atoms with van der Waals surface area (Å²) >= 11 is 0. The molecule has 2 nitrogen and oxygen atoms in total. The third kappa shape index (κ3) is 4.10. The largest absolute Gasteiger partial charge is 0.295 e. The molecule has 0 saturated heterocycles. The maximum atomic E-state index is 11.6. The molecule has 0 aliphatic heterocycles. The van der Waals surface area contributed by atoms with Crippen LogP contribution >= 0.6 is 0 Å². The topological polar surface area (TPSA) is 34.1 Å². The molecule has 1 aromatic rings. The smallest absolute Gasteiger partial charge is 0.160 e. The van der Waals surface area contributed by atoms with E-state index in [1.165, 1.54) is 6.92 Å². The first-order valence-corrected chi connectivity index (χ1v) is 6.50. The molecule has 0 atom stereocenters. The number of ketones is 2. The van der Waals surface area contributed by atoms with Gasteiger partial charge in [0.05, 0.1) is 0 Å². The van der Waals surface area contributed by atoms with Crippen LogP contribution in [0.15, 0.2) is 18.2 Å². The molecule has 18 heavy (non-hydrogen) atoms. The molecule has 0 bridgehead atoms. The summed E-state index contributed by atoms with van der Waals surface area (Å²) in [6, 6.07) is 5.45. The third-order valence-corrected chi connectivity index (χ3v) is 3.09. The Morgan fingerprint density at radius 2 is 1.78 bits per heavy atom. The van der Waals surface area contributed by atoms with Gasteiger partial charge in [-0.3, -0.25) is 9.59 Å². The zero-order chi connectivity index (χ0) is 13.5. The normalized spacial score (nSPS) is 10.4. The van der Waals surface area contributed by atoms with Gasteiger partial charge in [-0.2, -0.15) is 0 Å². The number of unbranched alkanes of at least 4 members (excludes halogenated alkanes) is 3. The molecule has 0 aromatic heterocycles. The lowest BCUT2D eigenvalue weighted by Gasteiger charge is -2.08. The van der Waals surface area contributed by atoms with E-state index in [4.69, 9.17) is 0 Å². The number of hydrogen-bond donors (Lipinski definition) is 0. The SMILES string of the molecule is [CH2]CCCCCc1ccc(C(C)=O)cc1C(C)=O. The molecule has 1 aromatic carbocycles. The predicted octanol–water partition coefficient (Wildman–Crippen LogP) is 4.03. The Morgan fingerprint density at radius 3 is 2.33 bits per heavy atom. The summed E-state index contributed by atoms with van der Waals surface area (Å²) in [6.07, 6.45) is 5.18. The summed E-state index contributed by atoms with van der Waals surface area (Å²) in [5, 5.41) is 0. The molecular weight excluding hydrogens is 224 g/mol. The van der Waals surface area contributed by atoms with Gasteiger partial charge in [0, 0.05) is 11.1 Å². The third-order valence-electron chi connectivity index (χ3n) is 3.09. The average molecular weight is 245 g/mol. The monoisotopic (exact) mass is 245 g/mol. The minimum Gasteiger partial charge on any atom is -0.295 e. The van der Waals surface area contributed by atoms with Crippen molar-refractivity contribution in [2.24, 2.45) is 0 Å². The van der Waals surface area contributed by atoms with E-state index in [1.807, 2.05) is 12.1 Å².